The molecule has 27 heavy (non-hydrogen) atoms. The molecule has 0 radical (unpaired) electrons. The Kier molecular flexibility index (Phi) is 5.27. The lowest BCUT2D eigenvalue weighted by Crippen LogP contribution is -2.52. The molecule has 2 unspecified atom stereocenters. The largest absolute Gasteiger partial charge is 0.351 e. The zero-order valence-corrected chi connectivity index (χ0v) is 15.5. The number of carbonyl (C=O) groups excluding carboxylic acids is 4. The van der Waals surface area contributed by atoms with Crippen LogP contribution in [0.4, 0.5) is 0 Å². The standard InChI is InChI=1S/C19H24N4O4/c1-10(2)16(20)18(26)21-8-11-3-4-13-12(7-11)9-23(19(13)27)14-5-6-15(24)22-17(14)25/h3-4,7,10,14,16H,5-6,8-9,20H2,1-2H3,(H,21,26)(H,22,24,25). The van der Waals surface area contributed by atoms with E-state index in [9.17, 15) is 19.2 Å². The topological polar surface area (TPSA) is 122 Å². The van der Waals surface area contributed by atoms with Gasteiger partial charge in [-0.2, -0.15) is 0 Å². The lowest BCUT2D eigenvalue weighted by molar-refractivity contribution is -0.137. The summed E-state index contributed by atoms with van der Waals surface area (Å²) in [4.78, 5) is 49.5. The Morgan fingerprint density at radius 2 is 2.07 bits per heavy atom. The van der Waals surface area contributed by atoms with Crippen molar-refractivity contribution in [2.24, 2.45) is 11.7 Å². The molecule has 1 aromatic rings. The Morgan fingerprint density at radius 3 is 2.74 bits per heavy atom. The summed E-state index contributed by atoms with van der Waals surface area (Å²) >= 11 is 0. The van der Waals surface area contributed by atoms with Gasteiger partial charge in [-0.05, 0) is 29.5 Å². The number of imide groups is 1. The first-order valence-electron chi connectivity index (χ1n) is 9.07. The van der Waals surface area contributed by atoms with Gasteiger partial charge < -0.3 is 16.0 Å². The van der Waals surface area contributed by atoms with Crippen molar-refractivity contribution in [1.29, 1.82) is 0 Å². The normalized spacial score (nSPS) is 20.5. The van der Waals surface area contributed by atoms with Crippen molar-refractivity contribution in [1.82, 2.24) is 15.5 Å². The van der Waals surface area contributed by atoms with E-state index in [4.69, 9.17) is 5.73 Å². The maximum atomic E-state index is 12.6. The smallest absolute Gasteiger partial charge is 0.255 e. The van der Waals surface area contributed by atoms with E-state index in [1.54, 1.807) is 12.1 Å². The molecule has 4 amide bonds. The number of piperidine rings is 1. The molecule has 2 heterocycles. The lowest BCUT2D eigenvalue weighted by atomic mass is 10.0. The van der Waals surface area contributed by atoms with Crippen LogP contribution in [0.2, 0.25) is 0 Å². The van der Waals surface area contributed by atoms with Gasteiger partial charge >= 0.3 is 0 Å². The maximum absolute atomic E-state index is 12.6. The van der Waals surface area contributed by atoms with E-state index >= 15 is 0 Å². The number of amides is 4. The van der Waals surface area contributed by atoms with Crippen molar-refractivity contribution in [3.05, 3.63) is 34.9 Å². The van der Waals surface area contributed by atoms with Gasteiger partial charge in [0.25, 0.3) is 5.91 Å². The second kappa shape index (κ2) is 7.48. The molecular formula is C19H24N4O4. The fourth-order valence-electron chi connectivity index (χ4n) is 3.35. The number of hydrogen-bond acceptors (Lipinski definition) is 5. The van der Waals surface area contributed by atoms with Crippen molar-refractivity contribution in [2.75, 3.05) is 0 Å². The summed E-state index contributed by atoms with van der Waals surface area (Å²) in [5.74, 6) is -1.12. The summed E-state index contributed by atoms with van der Waals surface area (Å²) in [6, 6.07) is 4.17. The number of benzene rings is 1. The van der Waals surface area contributed by atoms with Gasteiger partial charge in [0.2, 0.25) is 17.7 Å². The van der Waals surface area contributed by atoms with Crippen LogP contribution in [0.25, 0.3) is 0 Å². The Balaban J connectivity index is 1.68. The number of nitrogens with two attached hydrogens (primary N) is 1. The SMILES string of the molecule is CC(C)C(N)C(=O)NCc1ccc2c(c1)CN(C1CCC(=O)NC1=O)C2=O. The molecule has 2 aliphatic heterocycles. The molecule has 8 nitrogen and oxygen atoms in total. The maximum Gasteiger partial charge on any atom is 0.255 e. The van der Waals surface area contributed by atoms with Crippen molar-refractivity contribution in [3.63, 3.8) is 0 Å². The average molecular weight is 372 g/mol. The minimum absolute atomic E-state index is 0.0460. The fourth-order valence-corrected chi connectivity index (χ4v) is 3.35. The molecule has 1 saturated heterocycles. The van der Waals surface area contributed by atoms with Crippen molar-refractivity contribution >= 4 is 23.6 Å². The predicted octanol–water partition coefficient (Wildman–Crippen LogP) is 0.0471. The number of nitrogens with zero attached hydrogens (tertiary/aromatic N) is 1. The molecule has 4 N–H and O–H groups in total. The van der Waals surface area contributed by atoms with E-state index in [1.807, 2.05) is 19.9 Å². The number of nitrogens with one attached hydrogen (secondary N) is 2. The minimum Gasteiger partial charge on any atom is -0.351 e. The van der Waals surface area contributed by atoms with E-state index in [-0.39, 0.29) is 30.1 Å². The molecule has 0 spiro atoms. The average Bonchev–Trinajstić information content (AvgIpc) is 2.95. The monoisotopic (exact) mass is 372 g/mol. The number of hydrogen-bond donors (Lipinski definition) is 3. The summed E-state index contributed by atoms with van der Waals surface area (Å²) < 4.78 is 0. The van der Waals surface area contributed by atoms with E-state index in [0.717, 1.165) is 11.1 Å². The zero-order chi connectivity index (χ0) is 19.7. The van der Waals surface area contributed by atoms with Crippen molar-refractivity contribution in [2.45, 2.75) is 51.9 Å². The lowest BCUT2D eigenvalue weighted by Gasteiger charge is -2.29. The van der Waals surface area contributed by atoms with Gasteiger partial charge in [-0.1, -0.05) is 26.0 Å². The van der Waals surface area contributed by atoms with E-state index in [1.165, 1.54) is 4.90 Å². The molecule has 144 valence electrons. The van der Waals surface area contributed by atoms with Crippen LogP contribution in [-0.4, -0.2) is 40.6 Å². The zero-order valence-electron chi connectivity index (χ0n) is 15.5. The Morgan fingerprint density at radius 1 is 1.33 bits per heavy atom. The van der Waals surface area contributed by atoms with Crippen molar-refractivity contribution < 1.29 is 19.2 Å². The molecular weight excluding hydrogens is 348 g/mol. The van der Waals surface area contributed by atoms with Crippen LogP contribution in [-0.2, 0) is 27.5 Å². The van der Waals surface area contributed by atoms with Gasteiger partial charge in [0, 0.05) is 25.1 Å². The quantitative estimate of drug-likeness (QED) is 0.631. The highest BCUT2D eigenvalue weighted by Gasteiger charge is 2.39. The van der Waals surface area contributed by atoms with Gasteiger partial charge in [0.1, 0.15) is 6.04 Å². The van der Waals surface area contributed by atoms with Gasteiger partial charge in [0.05, 0.1) is 6.04 Å². The first kappa shape index (κ1) is 19.0. The first-order valence-corrected chi connectivity index (χ1v) is 9.07. The fraction of sp³-hybridized carbons (Fsp3) is 0.474. The molecule has 0 aromatic heterocycles. The van der Waals surface area contributed by atoms with Crippen LogP contribution >= 0.6 is 0 Å². The number of rotatable bonds is 5. The van der Waals surface area contributed by atoms with Crippen LogP contribution in [0, 0.1) is 5.92 Å². The highest BCUT2D eigenvalue weighted by molar-refractivity contribution is 6.05. The highest BCUT2D eigenvalue weighted by Crippen LogP contribution is 2.28. The van der Waals surface area contributed by atoms with Crippen LogP contribution < -0.4 is 16.4 Å². The number of carbonyl (C=O) groups is 4. The summed E-state index contributed by atoms with van der Waals surface area (Å²) in [5.41, 5.74) is 8.05. The molecule has 8 heteroatoms. The summed E-state index contributed by atoms with van der Waals surface area (Å²) in [6.45, 7) is 4.40. The summed E-state index contributed by atoms with van der Waals surface area (Å²) in [7, 11) is 0. The van der Waals surface area contributed by atoms with E-state index < -0.39 is 18.0 Å². The van der Waals surface area contributed by atoms with Crippen LogP contribution in [0.3, 0.4) is 0 Å². The summed E-state index contributed by atoms with van der Waals surface area (Å²) in [6.07, 6.45) is 0.560. The van der Waals surface area contributed by atoms with Crippen LogP contribution in [0.5, 0.6) is 0 Å². The minimum atomic E-state index is -0.630. The predicted molar refractivity (Wildman–Crippen MR) is 97.1 cm³/mol. The second-order valence-corrected chi connectivity index (χ2v) is 7.38. The third-order valence-electron chi connectivity index (χ3n) is 5.08. The van der Waals surface area contributed by atoms with Crippen LogP contribution in [0.15, 0.2) is 18.2 Å². The molecule has 0 saturated carbocycles. The van der Waals surface area contributed by atoms with Gasteiger partial charge in [-0.25, -0.2) is 0 Å². The molecule has 3 rings (SSSR count). The van der Waals surface area contributed by atoms with Crippen LogP contribution in [0.1, 0.15) is 48.2 Å². The third kappa shape index (κ3) is 3.85. The van der Waals surface area contributed by atoms with Gasteiger partial charge in [-0.3, -0.25) is 24.5 Å². The molecule has 2 aliphatic rings. The summed E-state index contributed by atoms with van der Waals surface area (Å²) in [5, 5.41) is 5.09. The van der Waals surface area contributed by atoms with Gasteiger partial charge in [0.15, 0.2) is 0 Å². The first-order chi connectivity index (χ1) is 12.8. The Bertz CT molecular complexity index is 805. The van der Waals surface area contributed by atoms with Crippen molar-refractivity contribution in [3.8, 4) is 0 Å². The second-order valence-electron chi connectivity index (χ2n) is 7.38. The Hall–Kier alpha value is -2.74. The molecule has 0 bridgehead atoms. The number of fused-ring (bicyclic) bond motifs is 1. The van der Waals surface area contributed by atoms with E-state index in [2.05, 4.69) is 10.6 Å². The molecule has 2 atom stereocenters. The highest BCUT2D eigenvalue weighted by atomic mass is 16.2. The van der Waals surface area contributed by atoms with E-state index in [0.29, 0.717) is 25.1 Å². The Labute approximate surface area is 157 Å². The third-order valence-corrected chi connectivity index (χ3v) is 5.08. The molecule has 0 aliphatic carbocycles. The molecule has 1 aromatic carbocycles. The van der Waals surface area contributed by atoms with Gasteiger partial charge in [-0.15, -0.1) is 0 Å². The molecule has 1 fully saturated rings.